The summed E-state index contributed by atoms with van der Waals surface area (Å²) in [5.41, 5.74) is 6.43. The molecular weight excluding hydrogens is 304 g/mol. The van der Waals surface area contributed by atoms with Crippen LogP contribution in [-0.2, 0) is 6.54 Å². The van der Waals surface area contributed by atoms with Crippen molar-refractivity contribution in [3.8, 4) is 11.5 Å². The molecule has 0 fully saturated rings. The topological polar surface area (TPSA) is 60.1 Å². The van der Waals surface area contributed by atoms with Gasteiger partial charge in [0.1, 0.15) is 11.5 Å². The van der Waals surface area contributed by atoms with Crippen molar-refractivity contribution >= 4 is 5.96 Å². The zero-order valence-electron chi connectivity index (χ0n) is 13.9. The molecule has 0 unspecified atom stereocenters. The molecule has 0 atom stereocenters. The lowest BCUT2D eigenvalue weighted by atomic mass is 10.2. The molecule has 0 heterocycles. The number of alkyl halides is 2. The average molecular weight is 329 g/mol. The van der Waals surface area contributed by atoms with Crippen molar-refractivity contribution in [3.63, 3.8) is 0 Å². The fourth-order valence-corrected chi connectivity index (χ4v) is 1.99. The fraction of sp³-hybridized carbons (Fsp3) is 0.562. The number of hydrogen-bond acceptors (Lipinski definition) is 3. The molecule has 130 valence electrons. The van der Waals surface area contributed by atoms with Crippen molar-refractivity contribution in [2.45, 2.75) is 40.3 Å². The largest absolute Gasteiger partial charge is 0.493 e. The Labute approximate surface area is 136 Å². The standard InChI is InChI=1S/C16H25F2N3O2/c1-4-9-22-13-8-7-12(14(10-13)23-15(17)18)11-20-16(19)21(5-2)6-3/h7-8,10,15H,4-6,9,11H2,1-3H3,(H2,19,20). The van der Waals surface area contributed by atoms with Crippen LogP contribution < -0.4 is 15.2 Å². The van der Waals surface area contributed by atoms with Gasteiger partial charge >= 0.3 is 6.61 Å². The highest BCUT2D eigenvalue weighted by atomic mass is 19.3. The Bertz CT molecular complexity index is 506. The van der Waals surface area contributed by atoms with E-state index in [1.807, 2.05) is 25.7 Å². The molecule has 5 nitrogen and oxygen atoms in total. The summed E-state index contributed by atoms with van der Waals surface area (Å²) in [6.45, 7) is 5.15. The summed E-state index contributed by atoms with van der Waals surface area (Å²) in [5.74, 6) is 0.931. The van der Waals surface area contributed by atoms with E-state index in [9.17, 15) is 8.78 Å². The van der Waals surface area contributed by atoms with Crippen LogP contribution in [0.4, 0.5) is 8.78 Å². The predicted molar refractivity (Wildman–Crippen MR) is 87.1 cm³/mol. The first-order valence-electron chi connectivity index (χ1n) is 7.77. The van der Waals surface area contributed by atoms with E-state index in [1.165, 1.54) is 6.07 Å². The van der Waals surface area contributed by atoms with Gasteiger partial charge < -0.3 is 20.1 Å². The van der Waals surface area contributed by atoms with E-state index in [4.69, 9.17) is 10.5 Å². The minimum Gasteiger partial charge on any atom is -0.493 e. The van der Waals surface area contributed by atoms with Crippen LogP contribution in [-0.4, -0.2) is 37.2 Å². The van der Waals surface area contributed by atoms with Crippen LogP contribution in [0.2, 0.25) is 0 Å². The first-order valence-corrected chi connectivity index (χ1v) is 7.77. The third-order valence-electron chi connectivity index (χ3n) is 3.23. The number of rotatable bonds is 9. The van der Waals surface area contributed by atoms with Gasteiger partial charge in [0.2, 0.25) is 0 Å². The van der Waals surface area contributed by atoms with Gasteiger partial charge in [0, 0.05) is 24.7 Å². The van der Waals surface area contributed by atoms with Crippen LogP contribution in [0.5, 0.6) is 11.5 Å². The Balaban J connectivity index is 2.93. The summed E-state index contributed by atoms with van der Waals surface area (Å²) in [5, 5.41) is 0. The van der Waals surface area contributed by atoms with Gasteiger partial charge in [0.15, 0.2) is 5.96 Å². The van der Waals surface area contributed by atoms with Gasteiger partial charge in [-0.05, 0) is 32.4 Å². The molecule has 0 radical (unpaired) electrons. The molecule has 0 saturated heterocycles. The highest BCUT2D eigenvalue weighted by molar-refractivity contribution is 5.78. The minimum absolute atomic E-state index is 0.0599. The summed E-state index contributed by atoms with van der Waals surface area (Å²) in [6, 6.07) is 4.84. The first kappa shape index (κ1) is 19.0. The van der Waals surface area contributed by atoms with Crippen LogP contribution in [0.3, 0.4) is 0 Å². The monoisotopic (exact) mass is 329 g/mol. The Morgan fingerprint density at radius 2 is 1.96 bits per heavy atom. The van der Waals surface area contributed by atoms with Crippen molar-refractivity contribution in [2.24, 2.45) is 10.7 Å². The summed E-state index contributed by atoms with van der Waals surface area (Å²) >= 11 is 0. The summed E-state index contributed by atoms with van der Waals surface area (Å²) in [4.78, 5) is 6.13. The van der Waals surface area contributed by atoms with E-state index in [2.05, 4.69) is 9.73 Å². The molecule has 0 aliphatic heterocycles. The third kappa shape index (κ3) is 6.30. The van der Waals surface area contributed by atoms with E-state index < -0.39 is 6.61 Å². The van der Waals surface area contributed by atoms with E-state index in [1.54, 1.807) is 12.1 Å². The quantitative estimate of drug-likeness (QED) is 0.558. The van der Waals surface area contributed by atoms with Gasteiger partial charge in [-0.25, -0.2) is 4.99 Å². The molecule has 0 aliphatic carbocycles. The van der Waals surface area contributed by atoms with E-state index >= 15 is 0 Å². The maximum absolute atomic E-state index is 12.6. The molecule has 0 aromatic heterocycles. The SMILES string of the molecule is CCCOc1ccc(CN=C(N)N(CC)CC)c(OC(F)F)c1. The molecule has 1 aromatic rings. The van der Waals surface area contributed by atoms with Crippen LogP contribution in [0, 0.1) is 0 Å². The molecule has 1 rings (SSSR count). The lowest BCUT2D eigenvalue weighted by Gasteiger charge is -2.19. The number of nitrogens with zero attached hydrogens (tertiary/aromatic N) is 2. The summed E-state index contributed by atoms with van der Waals surface area (Å²) < 4.78 is 35.2. The first-order chi connectivity index (χ1) is 11.0. The van der Waals surface area contributed by atoms with Gasteiger partial charge in [-0.3, -0.25) is 0 Å². The molecule has 0 spiro atoms. The molecule has 7 heteroatoms. The second-order valence-corrected chi connectivity index (χ2v) is 4.84. The third-order valence-corrected chi connectivity index (χ3v) is 3.23. The number of hydrogen-bond donors (Lipinski definition) is 1. The molecule has 0 saturated carbocycles. The number of guanidine groups is 1. The summed E-state index contributed by atoms with van der Waals surface area (Å²) in [7, 11) is 0. The van der Waals surface area contributed by atoms with Crippen LogP contribution in [0.1, 0.15) is 32.8 Å². The Kier molecular flexibility index (Phi) is 8.15. The normalized spacial score (nSPS) is 11.7. The van der Waals surface area contributed by atoms with E-state index in [0.717, 1.165) is 19.5 Å². The molecule has 23 heavy (non-hydrogen) atoms. The van der Waals surface area contributed by atoms with Crippen LogP contribution in [0.25, 0.3) is 0 Å². The van der Waals surface area contributed by atoms with E-state index in [0.29, 0.717) is 23.9 Å². The Morgan fingerprint density at radius 1 is 1.26 bits per heavy atom. The molecular formula is C16H25F2N3O2. The Morgan fingerprint density at radius 3 is 2.52 bits per heavy atom. The second-order valence-electron chi connectivity index (χ2n) is 4.84. The average Bonchev–Trinajstić information content (AvgIpc) is 2.52. The maximum Gasteiger partial charge on any atom is 0.387 e. The second kappa shape index (κ2) is 9.86. The van der Waals surface area contributed by atoms with E-state index in [-0.39, 0.29) is 12.3 Å². The highest BCUT2D eigenvalue weighted by Gasteiger charge is 2.12. The molecule has 0 amide bonds. The van der Waals surface area contributed by atoms with Crippen molar-refractivity contribution in [2.75, 3.05) is 19.7 Å². The number of nitrogens with two attached hydrogens (primary N) is 1. The number of aliphatic imine (C=N–C) groups is 1. The van der Waals surface area contributed by atoms with Gasteiger partial charge in [0.05, 0.1) is 13.2 Å². The zero-order valence-corrected chi connectivity index (χ0v) is 13.9. The lowest BCUT2D eigenvalue weighted by molar-refractivity contribution is -0.0505. The predicted octanol–water partition coefficient (Wildman–Crippen LogP) is 3.23. The fourth-order valence-electron chi connectivity index (χ4n) is 1.99. The van der Waals surface area contributed by atoms with Crippen molar-refractivity contribution in [1.82, 2.24) is 4.90 Å². The smallest absolute Gasteiger partial charge is 0.387 e. The minimum atomic E-state index is -2.90. The summed E-state index contributed by atoms with van der Waals surface area (Å²) in [6.07, 6.45) is 0.831. The number of ether oxygens (including phenoxy) is 2. The zero-order chi connectivity index (χ0) is 17.2. The number of benzene rings is 1. The number of halogens is 2. The molecule has 1 aromatic carbocycles. The van der Waals surface area contributed by atoms with Crippen molar-refractivity contribution in [1.29, 1.82) is 0 Å². The maximum atomic E-state index is 12.6. The van der Waals surface area contributed by atoms with Crippen LogP contribution in [0.15, 0.2) is 23.2 Å². The van der Waals surface area contributed by atoms with Gasteiger partial charge in [-0.15, -0.1) is 0 Å². The van der Waals surface area contributed by atoms with Crippen LogP contribution >= 0.6 is 0 Å². The van der Waals surface area contributed by atoms with Crippen molar-refractivity contribution in [3.05, 3.63) is 23.8 Å². The molecule has 2 N–H and O–H groups in total. The Hall–Kier alpha value is -2.05. The highest BCUT2D eigenvalue weighted by Crippen LogP contribution is 2.27. The molecule has 0 bridgehead atoms. The lowest BCUT2D eigenvalue weighted by Crippen LogP contribution is -2.37. The van der Waals surface area contributed by atoms with Gasteiger partial charge in [-0.2, -0.15) is 8.78 Å². The van der Waals surface area contributed by atoms with Gasteiger partial charge in [-0.1, -0.05) is 6.92 Å². The van der Waals surface area contributed by atoms with Gasteiger partial charge in [0.25, 0.3) is 0 Å². The molecule has 0 aliphatic rings. The van der Waals surface area contributed by atoms with Crippen molar-refractivity contribution < 1.29 is 18.3 Å².